The fourth-order valence-electron chi connectivity index (χ4n) is 3.82. The van der Waals surface area contributed by atoms with Crippen molar-refractivity contribution in [1.29, 1.82) is 0 Å². The Morgan fingerprint density at radius 1 is 1.18 bits per heavy atom. The minimum absolute atomic E-state index is 0.00632. The quantitative estimate of drug-likeness (QED) is 0.436. The second kappa shape index (κ2) is 10.8. The van der Waals surface area contributed by atoms with Crippen LogP contribution in [0.25, 0.3) is 6.08 Å². The molecule has 0 fully saturated rings. The third-order valence-electron chi connectivity index (χ3n) is 5.71. The Labute approximate surface area is 192 Å². The Kier molecular flexibility index (Phi) is 7.84. The number of hydrogen-bond donors (Lipinski definition) is 1. The molecule has 1 amide bonds. The predicted molar refractivity (Wildman–Crippen MR) is 122 cm³/mol. The fraction of sp³-hybridized carbons (Fsp3) is 0.320. The van der Waals surface area contributed by atoms with Gasteiger partial charge in [-0.2, -0.15) is 0 Å². The Balaban J connectivity index is 1.96. The number of carbonyl (C=O) groups is 3. The lowest BCUT2D eigenvalue weighted by Crippen LogP contribution is -2.38. The Morgan fingerprint density at radius 2 is 1.88 bits per heavy atom. The van der Waals surface area contributed by atoms with Crippen molar-refractivity contribution in [2.24, 2.45) is 0 Å². The zero-order chi connectivity index (χ0) is 24.0. The highest BCUT2D eigenvalue weighted by Crippen LogP contribution is 2.38. The van der Waals surface area contributed by atoms with Gasteiger partial charge in [0, 0.05) is 13.1 Å². The Morgan fingerprint density at radius 3 is 2.45 bits per heavy atom. The summed E-state index contributed by atoms with van der Waals surface area (Å²) in [6, 6.07) is 9.08. The zero-order valence-electron chi connectivity index (χ0n) is 19.0. The van der Waals surface area contributed by atoms with Gasteiger partial charge in [0.25, 0.3) is 5.91 Å². The number of amides is 1. The van der Waals surface area contributed by atoms with E-state index in [2.05, 4.69) is 4.90 Å². The van der Waals surface area contributed by atoms with E-state index >= 15 is 0 Å². The first-order chi connectivity index (χ1) is 15.9. The molecule has 8 nitrogen and oxygen atoms in total. The van der Waals surface area contributed by atoms with Gasteiger partial charge in [0.05, 0.1) is 30.6 Å². The second-order valence-corrected chi connectivity index (χ2v) is 7.52. The first-order valence-electron chi connectivity index (χ1n) is 10.8. The van der Waals surface area contributed by atoms with Gasteiger partial charge in [-0.3, -0.25) is 9.59 Å². The van der Waals surface area contributed by atoms with Crippen molar-refractivity contribution in [1.82, 2.24) is 9.80 Å². The summed E-state index contributed by atoms with van der Waals surface area (Å²) < 4.78 is 9.96. The number of aliphatic hydroxyl groups is 1. The van der Waals surface area contributed by atoms with Crippen LogP contribution in [-0.4, -0.2) is 65.9 Å². The smallest absolute Gasteiger partial charge is 0.337 e. The molecule has 174 valence electrons. The number of rotatable bonds is 10. The molecule has 0 spiro atoms. The largest absolute Gasteiger partial charge is 0.503 e. The molecule has 1 aliphatic rings. The Bertz CT molecular complexity index is 1050. The maximum atomic E-state index is 13.1. The van der Waals surface area contributed by atoms with Crippen LogP contribution in [0.4, 0.5) is 0 Å². The number of aliphatic hydroxyl groups excluding tert-OH is 1. The van der Waals surface area contributed by atoms with Crippen molar-refractivity contribution in [2.45, 2.75) is 19.9 Å². The first kappa shape index (κ1) is 24.0. The molecular formula is C25H28N2O6. The van der Waals surface area contributed by atoms with Gasteiger partial charge in [0.1, 0.15) is 5.76 Å². The van der Waals surface area contributed by atoms with Crippen LogP contribution >= 0.6 is 0 Å². The molecule has 1 aromatic heterocycles. The van der Waals surface area contributed by atoms with Crippen molar-refractivity contribution in [2.75, 3.05) is 33.3 Å². The number of furan rings is 1. The second-order valence-electron chi connectivity index (χ2n) is 7.52. The summed E-state index contributed by atoms with van der Waals surface area (Å²) in [5.74, 6) is -1.67. The van der Waals surface area contributed by atoms with Crippen molar-refractivity contribution in [3.63, 3.8) is 0 Å². The molecule has 1 atom stereocenters. The third kappa shape index (κ3) is 5.23. The molecule has 1 aliphatic heterocycles. The molecular weight excluding hydrogens is 424 g/mol. The summed E-state index contributed by atoms with van der Waals surface area (Å²) >= 11 is 0. The number of hydrogen-bond acceptors (Lipinski definition) is 7. The van der Waals surface area contributed by atoms with Crippen LogP contribution in [0.15, 0.2) is 64.5 Å². The number of methoxy groups -OCH3 is 1. The van der Waals surface area contributed by atoms with E-state index in [0.29, 0.717) is 30.0 Å². The van der Waals surface area contributed by atoms with Gasteiger partial charge in [0.2, 0.25) is 0 Å². The van der Waals surface area contributed by atoms with Gasteiger partial charge in [-0.05, 0) is 55.1 Å². The molecule has 33 heavy (non-hydrogen) atoms. The van der Waals surface area contributed by atoms with Crippen LogP contribution in [-0.2, 0) is 14.3 Å². The fourth-order valence-corrected chi connectivity index (χ4v) is 3.82. The van der Waals surface area contributed by atoms with Gasteiger partial charge < -0.3 is 24.1 Å². The van der Waals surface area contributed by atoms with E-state index in [1.54, 1.807) is 36.4 Å². The van der Waals surface area contributed by atoms with Crippen LogP contribution in [0.3, 0.4) is 0 Å². The predicted octanol–water partition coefficient (Wildman–Crippen LogP) is 3.39. The number of ketones is 1. The number of likely N-dealkylation sites (N-methyl/N-ethyl adjacent to an activating group) is 1. The van der Waals surface area contributed by atoms with E-state index < -0.39 is 29.5 Å². The van der Waals surface area contributed by atoms with E-state index in [1.807, 2.05) is 13.8 Å². The van der Waals surface area contributed by atoms with Crippen LogP contribution in [0, 0.1) is 0 Å². The van der Waals surface area contributed by atoms with Crippen molar-refractivity contribution < 1.29 is 28.6 Å². The number of benzene rings is 1. The summed E-state index contributed by atoms with van der Waals surface area (Å²) in [5, 5.41) is 10.7. The van der Waals surface area contributed by atoms with E-state index in [9.17, 15) is 19.5 Å². The van der Waals surface area contributed by atoms with Crippen LogP contribution in [0.5, 0.6) is 0 Å². The molecule has 2 heterocycles. The average Bonchev–Trinajstić information content (AvgIpc) is 3.45. The maximum Gasteiger partial charge on any atom is 0.337 e. The molecule has 0 aliphatic carbocycles. The van der Waals surface area contributed by atoms with E-state index in [0.717, 1.165) is 13.1 Å². The number of carbonyl (C=O) groups excluding carboxylic acids is 3. The Hall–Kier alpha value is -3.65. The SMILES string of the molecule is CCN(CC)CCN1C(=O)C(O)=C(C(=O)/C=C/c2ccco2)C1c1ccc(C(=O)OC)cc1. The molecule has 1 aromatic carbocycles. The molecule has 0 radical (unpaired) electrons. The first-order valence-corrected chi connectivity index (χ1v) is 10.8. The van der Waals surface area contributed by atoms with E-state index in [-0.39, 0.29) is 5.57 Å². The molecule has 1 unspecified atom stereocenters. The molecule has 8 heteroatoms. The molecule has 1 N–H and O–H groups in total. The summed E-state index contributed by atoms with van der Waals surface area (Å²) in [6.45, 7) is 6.60. The molecule has 3 rings (SSSR count). The standard InChI is InChI=1S/C25H28N2O6/c1-4-26(5-2)14-15-27-22(17-8-10-18(11-9-17)25(31)32-3)21(23(29)24(27)30)20(28)13-12-19-7-6-16-33-19/h6-13,16,22,29H,4-5,14-15H2,1-3H3/b13-12+. The van der Waals surface area contributed by atoms with E-state index in [1.165, 1.54) is 30.4 Å². The highest BCUT2D eigenvalue weighted by atomic mass is 16.5. The molecule has 2 aromatic rings. The third-order valence-corrected chi connectivity index (χ3v) is 5.71. The topological polar surface area (TPSA) is 100 Å². The highest BCUT2D eigenvalue weighted by molar-refractivity contribution is 6.14. The van der Waals surface area contributed by atoms with Crippen LogP contribution < -0.4 is 0 Å². The molecule has 0 saturated carbocycles. The number of nitrogens with zero attached hydrogens (tertiary/aromatic N) is 2. The normalized spacial score (nSPS) is 16.3. The van der Waals surface area contributed by atoms with Gasteiger partial charge in [0.15, 0.2) is 11.5 Å². The van der Waals surface area contributed by atoms with Gasteiger partial charge in [-0.1, -0.05) is 26.0 Å². The lowest BCUT2D eigenvalue weighted by Gasteiger charge is -2.29. The minimum Gasteiger partial charge on any atom is -0.503 e. The van der Waals surface area contributed by atoms with Crippen molar-refractivity contribution >= 4 is 23.7 Å². The highest BCUT2D eigenvalue weighted by Gasteiger charge is 2.42. The minimum atomic E-state index is -0.784. The number of esters is 1. The van der Waals surface area contributed by atoms with E-state index in [4.69, 9.17) is 9.15 Å². The average molecular weight is 453 g/mol. The summed E-state index contributed by atoms with van der Waals surface area (Å²) in [6.07, 6.45) is 4.25. The number of ether oxygens (including phenoxy) is 1. The van der Waals surface area contributed by atoms with Crippen LogP contribution in [0.1, 0.15) is 41.6 Å². The van der Waals surface area contributed by atoms with Crippen molar-refractivity contribution in [3.05, 3.63) is 77.0 Å². The van der Waals surface area contributed by atoms with Crippen molar-refractivity contribution in [3.8, 4) is 0 Å². The van der Waals surface area contributed by atoms with Gasteiger partial charge in [-0.25, -0.2) is 4.79 Å². The summed E-state index contributed by atoms with van der Waals surface area (Å²) in [5.41, 5.74) is 0.946. The monoisotopic (exact) mass is 452 g/mol. The lowest BCUT2D eigenvalue weighted by molar-refractivity contribution is -0.129. The lowest BCUT2D eigenvalue weighted by atomic mass is 9.95. The maximum absolute atomic E-state index is 13.1. The zero-order valence-corrected chi connectivity index (χ0v) is 19.0. The van der Waals surface area contributed by atoms with Gasteiger partial charge >= 0.3 is 5.97 Å². The summed E-state index contributed by atoms with van der Waals surface area (Å²) in [7, 11) is 1.30. The molecule has 0 saturated heterocycles. The van der Waals surface area contributed by atoms with Gasteiger partial charge in [-0.15, -0.1) is 0 Å². The summed E-state index contributed by atoms with van der Waals surface area (Å²) in [4.78, 5) is 41.5. The van der Waals surface area contributed by atoms with Crippen LogP contribution in [0.2, 0.25) is 0 Å². The number of allylic oxidation sites excluding steroid dienone is 1. The molecule has 0 bridgehead atoms.